The van der Waals surface area contributed by atoms with Crippen molar-refractivity contribution in [2.24, 2.45) is 0 Å². The Kier molecular flexibility index (Phi) is 11.0. The summed E-state index contributed by atoms with van der Waals surface area (Å²) in [6.07, 6.45) is 4.37. The average molecular weight is 704 g/mol. The molecule has 2 fully saturated rings. The monoisotopic (exact) mass is 703 g/mol. The molecular formula is C42H45N3O5S. The number of carbonyl (C=O) groups excluding carboxylic acids is 2. The summed E-state index contributed by atoms with van der Waals surface area (Å²) < 4.78 is 18.3. The number of hydrogen-bond acceptors (Lipinski definition) is 8. The first-order valence-corrected chi connectivity index (χ1v) is 18.7. The van der Waals surface area contributed by atoms with E-state index in [1.165, 1.54) is 24.9 Å². The zero-order chi connectivity index (χ0) is 35.2. The highest BCUT2D eigenvalue weighted by Crippen LogP contribution is 2.42. The number of methoxy groups -OCH3 is 1. The van der Waals surface area contributed by atoms with Crippen LogP contribution in [-0.2, 0) is 17.9 Å². The van der Waals surface area contributed by atoms with Crippen molar-refractivity contribution in [3.63, 3.8) is 0 Å². The van der Waals surface area contributed by atoms with Gasteiger partial charge in [0.25, 0.3) is 0 Å². The van der Waals surface area contributed by atoms with Crippen LogP contribution < -0.4 is 14.4 Å². The summed E-state index contributed by atoms with van der Waals surface area (Å²) in [5, 5.41) is 0.863. The van der Waals surface area contributed by atoms with Crippen LogP contribution in [0.3, 0.4) is 0 Å². The lowest BCUT2D eigenvalue weighted by Crippen LogP contribution is -2.28. The highest BCUT2D eigenvalue weighted by atomic mass is 32.1. The number of ether oxygens (including phenoxy) is 3. The summed E-state index contributed by atoms with van der Waals surface area (Å²) in [4.78, 5) is 34.7. The predicted molar refractivity (Wildman–Crippen MR) is 204 cm³/mol. The molecule has 0 N–H and O–H groups in total. The lowest BCUT2D eigenvalue weighted by atomic mass is 9.96. The second kappa shape index (κ2) is 16.1. The van der Waals surface area contributed by atoms with Gasteiger partial charge in [0.15, 0.2) is 5.78 Å². The molecule has 264 valence electrons. The SMILES string of the molecule is COC(=O)N(C)c1cc(C(=O)c2c(-c3ccc(OCCN4CCCC4)cc3)sc3cc(OCc4ccccc4)ccc23)ccc1CN1CCCC1. The van der Waals surface area contributed by atoms with Gasteiger partial charge >= 0.3 is 6.09 Å². The van der Waals surface area contributed by atoms with Gasteiger partial charge in [-0.15, -0.1) is 11.3 Å². The Morgan fingerprint density at radius 3 is 2.22 bits per heavy atom. The molecule has 4 aromatic carbocycles. The van der Waals surface area contributed by atoms with Gasteiger partial charge in [0, 0.05) is 46.2 Å². The molecule has 0 unspecified atom stereocenters. The van der Waals surface area contributed by atoms with E-state index in [2.05, 4.69) is 9.80 Å². The molecule has 0 aliphatic carbocycles. The van der Waals surface area contributed by atoms with Crippen molar-refractivity contribution < 1.29 is 23.8 Å². The second-order valence-electron chi connectivity index (χ2n) is 13.3. The Labute approximate surface area is 304 Å². The Balaban J connectivity index is 1.22. The topological polar surface area (TPSA) is 71.5 Å². The van der Waals surface area contributed by atoms with E-state index in [1.54, 1.807) is 18.4 Å². The fourth-order valence-corrected chi connectivity index (χ4v) is 8.28. The summed E-state index contributed by atoms with van der Waals surface area (Å²) in [5.74, 6) is 1.45. The average Bonchev–Trinajstić information content (AvgIpc) is 3.96. The number of anilines is 1. The molecule has 1 aromatic heterocycles. The number of benzene rings is 4. The number of likely N-dealkylation sites (tertiary alicyclic amines) is 2. The van der Waals surface area contributed by atoms with Gasteiger partial charge in [0.1, 0.15) is 24.7 Å². The van der Waals surface area contributed by atoms with Gasteiger partial charge in [-0.25, -0.2) is 4.79 Å². The lowest BCUT2D eigenvalue weighted by Gasteiger charge is -2.23. The summed E-state index contributed by atoms with van der Waals surface area (Å²) in [5.41, 5.74) is 4.83. The molecule has 51 heavy (non-hydrogen) atoms. The van der Waals surface area contributed by atoms with Crippen molar-refractivity contribution in [3.8, 4) is 21.9 Å². The van der Waals surface area contributed by atoms with E-state index in [4.69, 9.17) is 14.2 Å². The van der Waals surface area contributed by atoms with E-state index in [9.17, 15) is 9.59 Å². The quantitative estimate of drug-likeness (QED) is 0.114. The summed E-state index contributed by atoms with van der Waals surface area (Å²) >= 11 is 1.58. The van der Waals surface area contributed by atoms with E-state index in [-0.39, 0.29) is 5.78 Å². The number of hydrogen-bond donors (Lipinski definition) is 0. The summed E-state index contributed by atoms with van der Waals surface area (Å²) in [6.45, 7) is 7.06. The fraction of sp³-hybridized carbons (Fsp3) is 0.333. The minimum atomic E-state index is -0.477. The highest BCUT2D eigenvalue weighted by Gasteiger charge is 2.25. The smallest absolute Gasteiger partial charge is 0.413 e. The third-order valence-electron chi connectivity index (χ3n) is 9.88. The van der Waals surface area contributed by atoms with Crippen LogP contribution >= 0.6 is 11.3 Å². The maximum atomic E-state index is 14.7. The first-order valence-electron chi connectivity index (χ1n) is 17.9. The second-order valence-corrected chi connectivity index (χ2v) is 14.4. The van der Waals surface area contributed by atoms with Gasteiger partial charge < -0.3 is 14.2 Å². The minimum Gasteiger partial charge on any atom is -0.492 e. The molecule has 1 amide bonds. The van der Waals surface area contributed by atoms with Gasteiger partial charge in [-0.1, -0.05) is 42.5 Å². The predicted octanol–water partition coefficient (Wildman–Crippen LogP) is 8.65. The van der Waals surface area contributed by atoms with E-state index in [0.29, 0.717) is 36.6 Å². The van der Waals surface area contributed by atoms with Crippen molar-refractivity contribution in [3.05, 3.63) is 113 Å². The molecule has 2 aliphatic heterocycles. The van der Waals surface area contributed by atoms with Crippen molar-refractivity contribution in [1.29, 1.82) is 0 Å². The number of amides is 1. The minimum absolute atomic E-state index is 0.104. The van der Waals surface area contributed by atoms with Crippen LogP contribution in [-0.4, -0.2) is 75.2 Å². The maximum absolute atomic E-state index is 14.7. The van der Waals surface area contributed by atoms with E-state index in [1.807, 2.05) is 91.0 Å². The highest BCUT2D eigenvalue weighted by molar-refractivity contribution is 7.22. The van der Waals surface area contributed by atoms with E-state index < -0.39 is 6.09 Å². The van der Waals surface area contributed by atoms with Gasteiger partial charge in [-0.3, -0.25) is 19.5 Å². The molecule has 9 heteroatoms. The molecule has 0 radical (unpaired) electrons. The van der Waals surface area contributed by atoms with Gasteiger partial charge in [0.05, 0.1) is 12.8 Å². The fourth-order valence-electron chi connectivity index (χ4n) is 7.05. The van der Waals surface area contributed by atoms with Gasteiger partial charge in [0.2, 0.25) is 0 Å². The van der Waals surface area contributed by atoms with E-state index >= 15 is 0 Å². The molecule has 3 heterocycles. The number of fused-ring (bicyclic) bond motifs is 1. The molecule has 0 bridgehead atoms. The maximum Gasteiger partial charge on any atom is 0.413 e. The number of thiophene rings is 1. The normalized spacial score (nSPS) is 14.9. The standard InChI is InChI=1S/C42H45N3O5S/c1-43(42(47)48-2)37-26-32(12-13-33(37)28-45-22-8-9-23-45)40(46)39-36-19-18-35(50-29-30-10-4-3-5-11-30)27-38(36)51-41(39)31-14-16-34(17-15-31)49-25-24-44-20-6-7-21-44/h3-5,10-19,26-27H,6-9,20-25,28-29H2,1-2H3. The van der Waals surface area contributed by atoms with Crippen molar-refractivity contribution in [2.45, 2.75) is 38.8 Å². The zero-order valence-corrected chi connectivity index (χ0v) is 30.3. The number of nitrogens with zero attached hydrogens (tertiary/aromatic N) is 3. The lowest BCUT2D eigenvalue weighted by molar-refractivity contribution is 0.104. The summed E-state index contributed by atoms with van der Waals surface area (Å²) in [7, 11) is 3.07. The Morgan fingerprint density at radius 2 is 1.49 bits per heavy atom. The molecule has 0 spiro atoms. The molecule has 0 atom stereocenters. The van der Waals surface area contributed by atoms with Crippen molar-refractivity contribution in [1.82, 2.24) is 9.80 Å². The third-order valence-corrected chi connectivity index (χ3v) is 11.1. The number of ketones is 1. The van der Waals surface area contributed by atoms with Crippen molar-refractivity contribution >= 4 is 39.0 Å². The van der Waals surface area contributed by atoms with Crippen LogP contribution in [0, 0.1) is 0 Å². The summed E-state index contributed by atoms with van der Waals surface area (Å²) in [6, 6.07) is 29.8. The van der Waals surface area contributed by atoms with Crippen LogP contribution in [0.2, 0.25) is 0 Å². The molecule has 7 rings (SSSR count). The van der Waals surface area contributed by atoms with Crippen molar-refractivity contribution in [2.75, 3.05) is 58.4 Å². The first-order chi connectivity index (χ1) is 25.0. The Morgan fingerprint density at radius 1 is 0.784 bits per heavy atom. The van der Waals surface area contributed by atoms with Crippen LogP contribution in [0.5, 0.6) is 11.5 Å². The largest absolute Gasteiger partial charge is 0.492 e. The van der Waals surface area contributed by atoms with Crippen LogP contribution in [0.15, 0.2) is 91.0 Å². The van der Waals surface area contributed by atoms with Gasteiger partial charge in [-0.05, 0) is 117 Å². The molecule has 8 nitrogen and oxygen atoms in total. The number of carbonyl (C=O) groups is 2. The Hall–Kier alpha value is -4.70. The third kappa shape index (κ3) is 8.12. The molecule has 2 aliphatic rings. The first kappa shape index (κ1) is 34.7. The molecule has 5 aromatic rings. The van der Waals surface area contributed by atoms with E-state index in [0.717, 1.165) is 88.7 Å². The zero-order valence-electron chi connectivity index (χ0n) is 29.4. The number of rotatable bonds is 13. The molecule has 2 saturated heterocycles. The molecule has 0 saturated carbocycles. The van der Waals surface area contributed by atoms with Crippen LogP contribution in [0.1, 0.15) is 52.7 Å². The van der Waals surface area contributed by atoms with Crippen LogP contribution in [0.4, 0.5) is 10.5 Å². The Bertz CT molecular complexity index is 1960. The van der Waals surface area contributed by atoms with Gasteiger partial charge in [-0.2, -0.15) is 0 Å². The van der Waals surface area contributed by atoms with Crippen LogP contribution in [0.25, 0.3) is 20.5 Å². The molecular weight excluding hydrogens is 659 g/mol.